The highest BCUT2D eigenvalue weighted by Crippen LogP contribution is 2.40. The lowest BCUT2D eigenvalue weighted by Gasteiger charge is -2.43. The second kappa shape index (κ2) is 23.3. The Morgan fingerprint density at radius 2 is 0.571 bits per heavy atom. The van der Waals surface area contributed by atoms with Crippen LogP contribution in [0.1, 0.15) is 132 Å². The summed E-state index contributed by atoms with van der Waals surface area (Å²) in [5, 5.41) is -0.119. The van der Waals surface area contributed by atoms with Crippen LogP contribution in [0.4, 0.5) is 0 Å². The molecule has 0 aromatic heterocycles. The number of unbranched alkanes of at least 4 members (excludes halogenated alkanes) is 6. The van der Waals surface area contributed by atoms with E-state index in [0.717, 1.165) is 83.5 Å². The van der Waals surface area contributed by atoms with Crippen molar-refractivity contribution < 1.29 is 26.6 Å². The molecule has 0 rings (SSSR count). The summed E-state index contributed by atoms with van der Waals surface area (Å²) < 4.78 is 40.4. The zero-order valence-electron chi connectivity index (χ0n) is 24.5. The summed E-state index contributed by atoms with van der Waals surface area (Å²) in [6, 6.07) is 0. The van der Waals surface area contributed by atoms with E-state index in [4.69, 9.17) is 26.6 Å². The highest BCUT2D eigenvalue weighted by Gasteiger charge is 2.65. The second-order valence-corrected chi connectivity index (χ2v) is 15.5. The minimum Gasteiger partial charge on any atom is -0.373 e. The van der Waals surface area contributed by atoms with Crippen molar-refractivity contribution in [1.82, 2.24) is 0 Å². The Morgan fingerprint density at radius 1 is 0.371 bits per heavy atom. The molecule has 35 heavy (non-hydrogen) atoms. The zero-order chi connectivity index (χ0) is 26.3. The van der Waals surface area contributed by atoms with Gasteiger partial charge in [0.05, 0.1) is 5.16 Å². The Bertz CT molecular complexity index is 364. The van der Waals surface area contributed by atoms with Gasteiger partial charge in [0, 0.05) is 39.6 Å². The summed E-state index contributed by atoms with van der Waals surface area (Å²) in [6.07, 6.45) is 13.1. The first-order valence-corrected chi connectivity index (χ1v) is 18.5. The van der Waals surface area contributed by atoms with Crippen molar-refractivity contribution in [2.24, 2.45) is 0 Å². The summed E-state index contributed by atoms with van der Waals surface area (Å²) in [5.74, 6) is 0. The van der Waals surface area contributed by atoms with E-state index in [-0.39, 0.29) is 5.16 Å². The number of hydrogen-bond donors (Lipinski definition) is 0. The van der Waals surface area contributed by atoms with E-state index in [1.54, 1.807) is 0 Å². The van der Waals surface area contributed by atoms with Crippen molar-refractivity contribution in [2.45, 2.75) is 137 Å². The summed E-state index contributed by atoms with van der Waals surface area (Å²) in [5.41, 5.74) is 0. The normalized spacial score (nSPS) is 12.7. The molecule has 212 valence electrons. The fourth-order valence-corrected chi connectivity index (χ4v) is 12.2. The standard InChI is InChI=1S/C27H60O6Si2/c1-8-15-21-28-34(29-22-16-9-2,30-23-17-10-3)27(14-7)35(31-24-18-11-4,32-25-19-12-5)33-26-20-13-6/h27H,8-26H2,1-7H3. The van der Waals surface area contributed by atoms with Crippen LogP contribution in [0.25, 0.3) is 0 Å². The molecular weight excluding hydrogens is 476 g/mol. The van der Waals surface area contributed by atoms with E-state index in [1.165, 1.54) is 0 Å². The van der Waals surface area contributed by atoms with Crippen LogP contribution in [0.15, 0.2) is 0 Å². The van der Waals surface area contributed by atoms with Gasteiger partial charge in [-0.1, -0.05) is 87.0 Å². The van der Waals surface area contributed by atoms with Crippen molar-refractivity contribution in [3.8, 4) is 0 Å². The molecule has 0 radical (unpaired) electrons. The van der Waals surface area contributed by atoms with E-state index in [9.17, 15) is 0 Å². The molecule has 0 aliphatic carbocycles. The third-order valence-electron chi connectivity index (χ3n) is 6.07. The van der Waals surface area contributed by atoms with Crippen molar-refractivity contribution >= 4 is 17.6 Å². The predicted octanol–water partition coefficient (Wildman–Crippen LogP) is 8.08. The molecule has 0 spiro atoms. The Morgan fingerprint density at radius 3 is 0.714 bits per heavy atom. The Balaban J connectivity index is 6.43. The maximum Gasteiger partial charge on any atom is 0.508 e. The summed E-state index contributed by atoms with van der Waals surface area (Å²) in [7, 11) is -6.33. The summed E-state index contributed by atoms with van der Waals surface area (Å²) in [4.78, 5) is 0. The molecule has 0 aliphatic heterocycles. The molecule has 0 unspecified atom stereocenters. The minimum absolute atomic E-state index is 0.119. The molecule has 0 heterocycles. The van der Waals surface area contributed by atoms with Gasteiger partial charge in [0.1, 0.15) is 0 Å². The molecule has 8 heteroatoms. The Hall–Kier alpha value is 0.194. The third kappa shape index (κ3) is 14.1. The molecule has 0 atom stereocenters. The maximum atomic E-state index is 6.73. The molecule has 6 nitrogen and oxygen atoms in total. The highest BCUT2D eigenvalue weighted by atomic mass is 28.5. The molecule has 0 aromatic carbocycles. The van der Waals surface area contributed by atoms with Crippen molar-refractivity contribution in [3.05, 3.63) is 0 Å². The van der Waals surface area contributed by atoms with E-state index < -0.39 is 17.6 Å². The van der Waals surface area contributed by atoms with E-state index in [1.807, 2.05) is 0 Å². The van der Waals surface area contributed by atoms with E-state index >= 15 is 0 Å². The SMILES string of the molecule is CCCCO[Si](OCCCC)(OCCCC)C(CC)[Si](OCCCC)(OCCCC)OCCCC. The van der Waals surface area contributed by atoms with Crippen LogP contribution < -0.4 is 0 Å². The van der Waals surface area contributed by atoms with Gasteiger partial charge >= 0.3 is 17.6 Å². The van der Waals surface area contributed by atoms with Crippen LogP contribution in [0.5, 0.6) is 0 Å². The average Bonchev–Trinajstić information content (AvgIpc) is 2.85. The van der Waals surface area contributed by atoms with Crippen LogP contribution in [0, 0.1) is 0 Å². The van der Waals surface area contributed by atoms with Gasteiger partial charge in [0.2, 0.25) is 0 Å². The summed E-state index contributed by atoms with van der Waals surface area (Å²) >= 11 is 0. The van der Waals surface area contributed by atoms with Gasteiger partial charge in [0.25, 0.3) is 0 Å². The Kier molecular flexibility index (Phi) is 23.4. The van der Waals surface area contributed by atoms with E-state index in [2.05, 4.69) is 48.5 Å². The van der Waals surface area contributed by atoms with Crippen LogP contribution >= 0.6 is 0 Å². The summed E-state index contributed by atoms with van der Waals surface area (Å²) in [6.45, 7) is 19.2. The first kappa shape index (κ1) is 35.2. The quantitative estimate of drug-likeness (QED) is 0.0781. The first-order chi connectivity index (χ1) is 17.1. The topological polar surface area (TPSA) is 55.4 Å². The van der Waals surface area contributed by atoms with Crippen LogP contribution in [0.2, 0.25) is 5.16 Å². The van der Waals surface area contributed by atoms with Crippen LogP contribution in [-0.2, 0) is 26.6 Å². The van der Waals surface area contributed by atoms with Crippen molar-refractivity contribution in [1.29, 1.82) is 0 Å². The molecule has 0 amide bonds. The van der Waals surface area contributed by atoms with Gasteiger partial charge in [-0.3, -0.25) is 0 Å². The van der Waals surface area contributed by atoms with E-state index in [0.29, 0.717) is 39.6 Å². The fourth-order valence-electron chi connectivity index (χ4n) is 3.72. The molecule has 0 aromatic rings. The highest BCUT2D eigenvalue weighted by molar-refractivity contribution is 6.82. The average molecular weight is 537 g/mol. The molecular formula is C27H60O6Si2. The second-order valence-electron chi connectivity index (χ2n) is 9.38. The lowest BCUT2D eigenvalue weighted by atomic mass is 10.4. The van der Waals surface area contributed by atoms with Crippen LogP contribution in [0.3, 0.4) is 0 Å². The van der Waals surface area contributed by atoms with Gasteiger partial charge in [0.15, 0.2) is 0 Å². The monoisotopic (exact) mass is 536 g/mol. The van der Waals surface area contributed by atoms with Gasteiger partial charge in [-0.2, -0.15) is 0 Å². The number of hydrogen-bond acceptors (Lipinski definition) is 6. The maximum absolute atomic E-state index is 6.73. The first-order valence-electron chi connectivity index (χ1n) is 14.9. The van der Waals surface area contributed by atoms with Crippen LogP contribution in [-0.4, -0.2) is 57.3 Å². The lowest BCUT2D eigenvalue weighted by molar-refractivity contribution is 0.0188. The largest absolute Gasteiger partial charge is 0.508 e. The van der Waals surface area contributed by atoms with Crippen molar-refractivity contribution in [3.63, 3.8) is 0 Å². The molecule has 0 saturated heterocycles. The Labute approximate surface area is 220 Å². The van der Waals surface area contributed by atoms with Crippen molar-refractivity contribution in [2.75, 3.05) is 39.6 Å². The molecule has 0 N–H and O–H groups in total. The van der Waals surface area contributed by atoms with Gasteiger partial charge in [-0.05, 0) is 44.9 Å². The van der Waals surface area contributed by atoms with Gasteiger partial charge in [-0.15, -0.1) is 0 Å². The minimum atomic E-state index is -3.17. The molecule has 0 saturated carbocycles. The lowest BCUT2D eigenvalue weighted by Crippen LogP contribution is -2.64. The third-order valence-corrected chi connectivity index (χ3v) is 14.4. The van der Waals surface area contributed by atoms with Gasteiger partial charge < -0.3 is 26.6 Å². The number of rotatable bonds is 27. The molecule has 0 fully saturated rings. The zero-order valence-corrected chi connectivity index (χ0v) is 26.5. The smallest absolute Gasteiger partial charge is 0.373 e. The predicted molar refractivity (Wildman–Crippen MR) is 151 cm³/mol. The molecule has 0 bridgehead atoms. The fraction of sp³-hybridized carbons (Fsp3) is 1.00. The van der Waals surface area contributed by atoms with Gasteiger partial charge in [-0.25, -0.2) is 0 Å². The molecule has 0 aliphatic rings.